The van der Waals surface area contributed by atoms with Crippen LogP contribution in [0.4, 0.5) is 5.69 Å². The van der Waals surface area contributed by atoms with Gasteiger partial charge < -0.3 is 16.0 Å². The van der Waals surface area contributed by atoms with Crippen molar-refractivity contribution >= 4 is 17.5 Å². The number of amides is 2. The van der Waals surface area contributed by atoms with Crippen LogP contribution >= 0.6 is 0 Å². The fraction of sp³-hybridized carbons (Fsp3) is 0.467. The Labute approximate surface area is 119 Å². The summed E-state index contributed by atoms with van der Waals surface area (Å²) in [5.74, 6) is 0.167. The molecule has 20 heavy (non-hydrogen) atoms. The summed E-state index contributed by atoms with van der Waals surface area (Å²) in [6.07, 6.45) is 1.97. The molecule has 108 valence electrons. The zero-order valence-corrected chi connectivity index (χ0v) is 11.7. The normalized spacial score (nSPS) is 13.8. The molecule has 3 N–H and O–H groups in total. The van der Waals surface area contributed by atoms with Crippen molar-refractivity contribution in [2.75, 3.05) is 25.0 Å². The minimum atomic E-state index is -0.0945. The highest BCUT2D eigenvalue weighted by Crippen LogP contribution is 2.30. The van der Waals surface area contributed by atoms with Crippen molar-refractivity contribution in [3.05, 3.63) is 29.8 Å². The van der Waals surface area contributed by atoms with Crippen molar-refractivity contribution in [3.63, 3.8) is 0 Å². The highest BCUT2D eigenvalue weighted by molar-refractivity contribution is 5.96. The van der Waals surface area contributed by atoms with E-state index in [9.17, 15) is 9.59 Å². The molecule has 2 rings (SSSR count). The van der Waals surface area contributed by atoms with E-state index in [2.05, 4.69) is 16.0 Å². The van der Waals surface area contributed by atoms with Gasteiger partial charge in [-0.05, 0) is 43.7 Å². The van der Waals surface area contributed by atoms with E-state index in [4.69, 9.17) is 0 Å². The van der Waals surface area contributed by atoms with E-state index >= 15 is 0 Å². The van der Waals surface area contributed by atoms with Crippen LogP contribution in [0.2, 0.25) is 0 Å². The van der Waals surface area contributed by atoms with E-state index in [0.29, 0.717) is 12.1 Å². The second-order valence-electron chi connectivity index (χ2n) is 4.95. The maximum atomic E-state index is 11.8. The molecule has 0 aliphatic heterocycles. The monoisotopic (exact) mass is 275 g/mol. The molecule has 0 unspecified atom stereocenters. The zero-order chi connectivity index (χ0) is 14.4. The van der Waals surface area contributed by atoms with Gasteiger partial charge in [-0.15, -0.1) is 0 Å². The summed E-state index contributed by atoms with van der Waals surface area (Å²) in [5, 5.41) is 8.82. The van der Waals surface area contributed by atoms with Crippen molar-refractivity contribution in [3.8, 4) is 0 Å². The van der Waals surface area contributed by atoms with Crippen LogP contribution in [0.1, 0.15) is 30.1 Å². The molecule has 1 fully saturated rings. The first-order valence-electron chi connectivity index (χ1n) is 7.10. The predicted octanol–water partition coefficient (Wildman–Crippen LogP) is 1.37. The van der Waals surface area contributed by atoms with Gasteiger partial charge in [-0.1, -0.05) is 6.92 Å². The third-order valence-corrected chi connectivity index (χ3v) is 3.20. The molecule has 1 saturated carbocycles. The highest BCUT2D eigenvalue weighted by Gasteiger charge is 2.29. The molecule has 0 bridgehead atoms. The largest absolute Gasteiger partial charge is 0.351 e. The van der Waals surface area contributed by atoms with Gasteiger partial charge >= 0.3 is 0 Å². The molecule has 5 nitrogen and oxygen atoms in total. The molecule has 0 aromatic heterocycles. The van der Waals surface area contributed by atoms with Gasteiger partial charge in [-0.2, -0.15) is 0 Å². The molecule has 1 aromatic rings. The van der Waals surface area contributed by atoms with Crippen LogP contribution in [0.3, 0.4) is 0 Å². The third kappa shape index (κ3) is 4.35. The molecule has 0 atom stereocenters. The molecule has 0 radical (unpaired) electrons. The molecule has 1 aromatic carbocycles. The summed E-state index contributed by atoms with van der Waals surface area (Å²) in [6, 6.07) is 6.98. The van der Waals surface area contributed by atoms with E-state index in [0.717, 1.165) is 31.6 Å². The number of benzene rings is 1. The summed E-state index contributed by atoms with van der Waals surface area (Å²) >= 11 is 0. The Morgan fingerprint density at radius 3 is 2.45 bits per heavy atom. The fourth-order valence-electron chi connectivity index (χ4n) is 1.84. The summed E-state index contributed by atoms with van der Waals surface area (Å²) < 4.78 is 0. The first-order chi connectivity index (χ1) is 9.70. The van der Waals surface area contributed by atoms with Gasteiger partial charge in [-0.25, -0.2) is 0 Å². The Hall–Kier alpha value is -1.88. The fourth-order valence-corrected chi connectivity index (χ4v) is 1.84. The molecule has 2 amide bonds. The third-order valence-electron chi connectivity index (χ3n) is 3.20. The molecule has 0 heterocycles. The number of rotatable bonds is 7. The van der Waals surface area contributed by atoms with Crippen LogP contribution < -0.4 is 16.0 Å². The van der Waals surface area contributed by atoms with Crippen molar-refractivity contribution in [2.24, 2.45) is 5.92 Å². The molecular weight excluding hydrogens is 254 g/mol. The lowest BCUT2D eigenvalue weighted by Crippen LogP contribution is -2.31. The van der Waals surface area contributed by atoms with Gasteiger partial charge in [0.15, 0.2) is 0 Å². The Balaban J connectivity index is 1.80. The minimum Gasteiger partial charge on any atom is -0.351 e. The van der Waals surface area contributed by atoms with Gasteiger partial charge in [0.25, 0.3) is 5.91 Å². The van der Waals surface area contributed by atoms with Gasteiger partial charge in [0.1, 0.15) is 0 Å². The molecule has 0 spiro atoms. The summed E-state index contributed by atoms with van der Waals surface area (Å²) in [7, 11) is 0. The van der Waals surface area contributed by atoms with Crippen molar-refractivity contribution in [2.45, 2.75) is 19.8 Å². The average Bonchev–Trinajstić information content (AvgIpc) is 3.29. The van der Waals surface area contributed by atoms with Crippen molar-refractivity contribution in [1.29, 1.82) is 0 Å². The second-order valence-corrected chi connectivity index (χ2v) is 4.95. The van der Waals surface area contributed by atoms with Gasteiger partial charge in [0.05, 0.1) is 0 Å². The van der Waals surface area contributed by atoms with E-state index in [1.807, 2.05) is 6.92 Å². The lowest BCUT2D eigenvalue weighted by atomic mass is 10.2. The molecular formula is C15H21N3O2. The van der Waals surface area contributed by atoms with E-state index < -0.39 is 0 Å². The molecule has 0 saturated heterocycles. The number of carbonyl (C=O) groups excluding carboxylic acids is 2. The number of carbonyl (C=O) groups is 2. The number of nitrogens with one attached hydrogen (secondary N) is 3. The molecule has 1 aliphatic carbocycles. The van der Waals surface area contributed by atoms with Gasteiger partial charge in [0, 0.05) is 30.3 Å². The summed E-state index contributed by atoms with van der Waals surface area (Å²) in [4.78, 5) is 23.4. The molecule has 1 aliphatic rings. The van der Waals surface area contributed by atoms with Crippen LogP contribution in [-0.4, -0.2) is 31.4 Å². The highest BCUT2D eigenvalue weighted by atomic mass is 16.2. The predicted molar refractivity (Wildman–Crippen MR) is 78.7 cm³/mol. The minimum absolute atomic E-state index is 0.0767. The Kier molecular flexibility index (Phi) is 5.12. The Morgan fingerprint density at radius 1 is 1.15 bits per heavy atom. The van der Waals surface area contributed by atoms with Crippen LogP contribution in [0.5, 0.6) is 0 Å². The number of likely N-dealkylation sites (N-methyl/N-ethyl adjacent to an activating group) is 1. The van der Waals surface area contributed by atoms with E-state index in [1.165, 1.54) is 0 Å². The van der Waals surface area contributed by atoms with Crippen LogP contribution in [0.15, 0.2) is 24.3 Å². The maximum Gasteiger partial charge on any atom is 0.251 e. The van der Waals surface area contributed by atoms with E-state index in [1.54, 1.807) is 24.3 Å². The summed E-state index contributed by atoms with van der Waals surface area (Å²) in [5.41, 5.74) is 1.34. The van der Waals surface area contributed by atoms with E-state index in [-0.39, 0.29) is 17.7 Å². The first-order valence-corrected chi connectivity index (χ1v) is 7.10. The molecule has 5 heteroatoms. The van der Waals surface area contributed by atoms with Crippen LogP contribution in [-0.2, 0) is 4.79 Å². The number of hydrogen-bond donors (Lipinski definition) is 3. The van der Waals surface area contributed by atoms with Crippen LogP contribution in [0, 0.1) is 5.92 Å². The zero-order valence-electron chi connectivity index (χ0n) is 11.7. The lowest BCUT2D eigenvalue weighted by Gasteiger charge is -2.07. The number of hydrogen-bond acceptors (Lipinski definition) is 3. The first kappa shape index (κ1) is 14.5. The Morgan fingerprint density at radius 2 is 1.85 bits per heavy atom. The quantitative estimate of drug-likeness (QED) is 0.658. The lowest BCUT2D eigenvalue weighted by molar-refractivity contribution is -0.117. The van der Waals surface area contributed by atoms with Crippen molar-refractivity contribution in [1.82, 2.24) is 10.6 Å². The maximum absolute atomic E-state index is 11.8. The Bertz CT molecular complexity index is 467. The van der Waals surface area contributed by atoms with Gasteiger partial charge in [0.2, 0.25) is 5.91 Å². The number of anilines is 1. The van der Waals surface area contributed by atoms with Crippen molar-refractivity contribution < 1.29 is 9.59 Å². The topological polar surface area (TPSA) is 70.2 Å². The van der Waals surface area contributed by atoms with Gasteiger partial charge in [-0.3, -0.25) is 9.59 Å². The van der Waals surface area contributed by atoms with Crippen LogP contribution in [0.25, 0.3) is 0 Å². The average molecular weight is 275 g/mol. The summed E-state index contributed by atoms with van der Waals surface area (Å²) in [6.45, 7) is 4.28. The standard InChI is InChI=1S/C15H21N3O2/c1-2-16-9-10-17-14(19)11-5-7-13(8-6-11)18-15(20)12-3-4-12/h5-8,12,16H,2-4,9-10H2,1H3,(H,17,19)(H,18,20). The SMILES string of the molecule is CCNCCNC(=O)c1ccc(NC(=O)C2CC2)cc1. The smallest absolute Gasteiger partial charge is 0.251 e. The second kappa shape index (κ2) is 7.05.